The molecule has 1 aromatic carbocycles. The molecule has 0 amide bonds. The first kappa shape index (κ1) is 14.9. The summed E-state index contributed by atoms with van der Waals surface area (Å²) in [6.07, 6.45) is 4.87. The van der Waals surface area contributed by atoms with Gasteiger partial charge in [-0.1, -0.05) is 0 Å². The number of hydrogen-bond acceptors (Lipinski definition) is 4. The van der Waals surface area contributed by atoms with Crippen LogP contribution in [0.2, 0.25) is 0 Å². The van der Waals surface area contributed by atoms with Crippen molar-refractivity contribution >= 4 is 11.7 Å². The number of carbonyl (C=O) groups excluding carboxylic acids is 1. The van der Waals surface area contributed by atoms with Gasteiger partial charge in [0.1, 0.15) is 0 Å². The Morgan fingerprint density at radius 1 is 1.20 bits per heavy atom. The van der Waals surface area contributed by atoms with Crippen molar-refractivity contribution in [3.8, 4) is 0 Å². The van der Waals surface area contributed by atoms with E-state index in [-0.39, 0.29) is 5.97 Å². The monoisotopic (exact) mass is 277 g/mol. The lowest BCUT2D eigenvalue weighted by Gasteiger charge is -2.28. The fourth-order valence-electron chi connectivity index (χ4n) is 2.60. The molecule has 0 spiro atoms. The molecule has 0 heterocycles. The van der Waals surface area contributed by atoms with Crippen LogP contribution in [-0.2, 0) is 9.47 Å². The zero-order valence-electron chi connectivity index (χ0n) is 12.2. The van der Waals surface area contributed by atoms with Crippen LogP contribution in [-0.4, -0.2) is 31.8 Å². The number of methoxy groups -OCH3 is 1. The minimum Gasteiger partial charge on any atom is -0.462 e. The Hall–Kier alpha value is -1.55. The summed E-state index contributed by atoms with van der Waals surface area (Å²) in [4.78, 5) is 11.6. The second-order valence-corrected chi connectivity index (χ2v) is 5.15. The highest BCUT2D eigenvalue weighted by Gasteiger charge is 2.20. The fourth-order valence-corrected chi connectivity index (χ4v) is 2.60. The largest absolute Gasteiger partial charge is 0.462 e. The van der Waals surface area contributed by atoms with Crippen LogP contribution in [0.4, 0.5) is 5.69 Å². The lowest BCUT2D eigenvalue weighted by atomic mass is 9.93. The molecule has 1 fully saturated rings. The number of carbonyl (C=O) groups is 1. The van der Waals surface area contributed by atoms with Crippen molar-refractivity contribution in [3.63, 3.8) is 0 Å². The van der Waals surface area contributed by atoms with Gasteiger partial charge in [-0.25, -0.2) is 4.79 Å². The molecule has 1 aliphatic rings. The average Bonchev–Trinajstić information content (AvgIpc) is 2.49. The fraction of sp³-hybridized carbons (Fsp3) is 0.562. The van der Waals surface area contributed by atoms with E-state index in [0.29, 0.717) is 24.3 Å². The first-order valence-electron chi connectivity index (χ1n) is 7.29. The summed E-state index contributed by atoms with van der Waals surface area (Å²) >= 11 is 0. The van der Waals surface area contributed by atoms with Gasteiger partial charge in [-0.15, -0.1) is 0 Å². The molecule has 4 nitrogen and oxygen atoms in total. The summed E-state index contributed by atoms with van der Waals surface area (Å²) in [6.45, 7) is 2.21. The van der Waals surface area contributed by atoms with E-state index in [9.17, 15) is 4.79 Å². The van der Waals surface area contributed by atoms with Crippen molar-refractivity contribution in [2.75, 3.05) is 19.0 Å². The molecule has 20 heavy (non-hydrogen) atoms. The molecule has 0 aliphatic heterocycles. The number of anilines is 1. The maximum absolute atomic E-state index is 11.6. The highest BCUT2D eigenvalue weighted by molar-refractivity contribution is 5.89. The van der Waals surface area contributed by atoms with Gasteiger partial charge in [0.25, 0.3) is 0 Å². The molecule has 110 valence electrons. The van der Waals surface area contributed by atoms with Gasteiger partial charge < -0.3 is 14.8 Å². The van der Waals surface area contributed by atoms with Gasteiger partial charge in [0, 0.05) is 18.8 Å². The van der Waals surface area contributed by atoms with E-state index in [0.717, 1.165) is 31.4 Å². The van der Waals surface area contributed by atoms with Gasteiger partial charge in [0.05, 0.1) is 18.3 Å². The first-order valence-corrected chi connectivity index (χ1v) is 7.29. The molecule has 0 atom stereocenters. The van der Waals surface area contributed by atoms with E-state index < -0.39 is 0 Å². The Bertz CT molecular complexity index is 422. The highest BCUT2D eigenvalue weighted by Crippen LogP contribution is 2.24. The number of nitrogens with one attached hydrogen (secondary N) is 1. The van der Waals surface area contributed by atoms with E-state index >= 15 is 0 Å². The number of ether oxygens (including phenoxy) is 2. The number of rotatable bonds is 5. The van der Waals surface area contributed by atoms with Crippen molar-refractivity contribution in [1.29, 1.82) is 0 Å². The van der Waals surface area contributed by atoms with Gasteiger partial charge in [0.15, 0.2) is 0 Å². The Labute approximate surface area is 120 Å². The van der Waals surface area contributed by atoms with Crippen molar-refractivity contribution in [2.45, 2.75) is 44.8 Å². The number of hydrogen-bond donors (Lipinski definition) is 1. The Morgan fingerprint density at radius 2 is 1.85 bits per heavy atom. The molecule has 0 radical (unpaired) electrons. The van der Waals surface area contributed by atoms with Crippen molar-refractivity contribution in [2.24, 2.45) is 0 Å². The molecule has 1 aromatic rings. The predicted octanol–water partition coefficient (Wildman–Crippen LogP) is 3.23. The van der Waals surface area contributed by atoms with E-state index in [1.807, 2.05) is 19.1 Å². The zero-order valence-corrected chi connectivity index (χ0v) is 12.2. The quantitative estimate of drug-likeness (QED) is 0.839. The summed E-state index contributed by atoms with van der Waals surface area (Å²) < 4.78 is 10.3. The molecule has 0 bridgehead atoms. The lowest BCUT2D eigenvalue weighted by molar-refractivity contribution is 0.0526. The zero-order chi connectivity index (χ0) is 14.4. The number of benzene rings is 1. The maximum Gasteiger partial charge on any atom is 0.338 e. The molecule has 2 rings (SSSR count). The van der Waals surface area contributed by atoms with Crippen molar-refractivity contribution in [1.82, 2.24) is 0 Å². The number of esters is 1. The van der Waals surface area contributed by atoms with Crippen LogP contribution in [0.3, 0.4) is 0 Å². The second kappa shape index (κ2) is 7.29. The molecule has 0 aromatic heterocycles. The van der Waals surface area contributed by atoms with Crippen LogP contribution in [0.1, 0.15) is 43.0 Å². The third kappa shape index (κ3) is 3.97. The molecule has 0 saturated heterocycles. The lowest BCUT2D eigenvalue weighted by Crippen LogP contribution is -2.29. The highest BCUT2D eigenvalue weighted by atomic mass is 16.5. The Morgan fingerprint density at radius 3 is 2.40 bits per heavy atom. The topological polar surface area (TPSA) is 47.6 Å². The van der Waals surface area contributed by atoms with Crippen molar-refractivity contribution in [3.05, 3.63) is 29.8 Å². The van der Waals surface area contributed by atoms with Crippen LogP contribution in [0.25, 0.3) is 0 Å². The van der Waals surface area contributed by atoms with Crippen LogP contribution in [0, 0.1) is 0 Å². The molecule has 4 heteroatoms. The molecule has 1 aliphatic carbocycles. The molecule has 1 N–H and O–H groups in total. The van der Waals surface area contributed by atoms with E-state index in [1.165, 1.54) is 0 Å². The minimum atomic E-state index is -0.264. The van der Waals surface area contributed by atoms with Crippen molar-refractivity contribution < 1.29 is 14.3 Å². The molecular formula is C16H23NO3. The van der Waals surface area contributed by atoms with E-state index in [2.05, 4.69) is 5.32 Å². The predicted molar refractivity (Wildman–Crippen MR) is 79.1 cm³/mol. The standard InChI is InChI=1S/C16H23NO3/c1-3-20-16(18)12-4-6-13(7-5-12)17-14-8-10-15(19-2)11-9-14/h4-7,14-15,17H,3,8-11H2,1-2H3. The van der Waals surface area contributed by atoms with Crippen LogP contribution >= 0.6 is 0 Å². The molecular weight excluding hydrogens is 254 g/mol. The SMILES string of the molecule is CCOC(=O)c1ccc(NC2CCC(OC)CC2)cc1. The van der Waals surface area contributed by atoms with E-state index in [4.69, 9.17) is 9.47 Å². The Kier molecular flexibility index (Phi) is 5.41. The summed E-state index contributed by atoms with van der Waals surface area (Å²) in [5.74, 6) is -0.264. The third-order valence-corrected chi connectivity index (χ3v) is 3.77. The average molecular weight is 277 g/mol. The second-order valence-electron chi connectivity index (χ2n) is 5.15. The third-order valence-electron chi connectivity index (χ3n) is 3.77. The normalized spacial score (nSPS) is 22.3. The Balaban J connectivity index is 1.86. The first-order chi connectivity index (χ1) is 9.72. The van der Waals surface area contributed by atoms with Gasteiger partial charge in [-0.2, -0.15) is 0 Å². The van der Waals surface area contributed by atoms with Gasteiger partial charge in [-0.05, 0) is 56.9 Å². The summed E-state index contributed by atoms with van der Waals surface area (Å²) in [5.41, 5.74) is 1.65. The van der Waals surface area contributed by atoms with Crippen LogP contribution in [0.15, 0.2) is 24.3 Å². The smallest absolute Gasteiger partial charge is 0.338 e. The van der Waals surface area contributed by atoms with Crippen LogP contribution < -0.4 is 5.32 Å². The summed E-state index contributed by atoms with van der Waals surface area (Å²) in [5, 5.41) is 3.52. The minimum absolute atomic E-state index is 0.264. The van der Waals surface area contributed by atoms with Gasteiger partial charge in [-0.3, -0.25) is 0 Å². The van der Waals surface area contributed by atoms with Gasteiger partial charge >= 0.3 is 5.97 Å². The summed E-state index contributed by atoms with van der Waals surface area (Å²) in [6, 6.07) is 7.99. The molecule has 1 saturated carbocycles. The maximum atomic E-state index is 11.6. The van der Waals surface area contributed by atoms with Crippen LogP contribution in [0.5, 0.6) is 0 Å². The summed E-state index contributed by atoms with van der Waals surface area (Å²) in [7, 11) is 1.78. The molecule has 0 unspecified atom stereocenters. The van der Waals surface area contributed by atoms with Gasteiger partial charge in [0.2, 0.25) is 0 Å². The van der Waals surface area contributed by atoms with E-state index in [1.54, 1.807) is 19.2 Å².